The first-order valence-corrected chi connectivity index (χ1v) is 9.83. The third kappa shape index (κ3) is 5.69. The summed E-state index contributed by atoms with van der Waals surface area (Å²) in [6.07, 6.45) is 4.84. The van der Waals surface area contributed by atoms with Crippen LogP contribution < -0.4 is 0 Å². The summed E-state index contributed by atoms with van der Waals surface area (Å²) >= 11 is 0. The Hall–Kier alpha value is -3.14. The van der Waals surface area contributed by atoms with Gasteiger partial charge in [0.15, 0.2) is 5.76 Å². The first kappa shape index (κ1) is 23.1. The molecule has 0 unspecified atom stereocenters. The van der Waals surface area contributed by atoms with E-state index in [1.807, 2.05) is 24.6 Å². The largest absolute Gasteiger partial charge is 0.483 e. The number of imidazole rings is 1. The van der Waals surface area contributed by atoms with Crippen molar-refractivity contribution >= 4 is 18.3 Å². The fourth-order valence-electron chi connectivity index (χ4n) is 3.43. The van der Waals surface area contributed by atoms with Crippen LogP contribution in [0.1, 0.15) is 36.6 Å². The van der Waals surface area contributed by atoms with Gasteiger partial charge in [-0.3, -0.25) is 14.4 Å². The monoisotopic (exact) mass is 420 g/mol. The molecule has 1 fully saturated rings. The van der Waals surface area contributed by atoms with E-state index in [9.17, 15) is 14.7 Å². The average molecular weight is 420 g/mol. The highest BCUT2D eigenvalue weighted by Gasteiger charge is 2.37. The lowest BCUT2D eigenvalue weighted by atomic mass is 9.93. The van der Waals surface area contributed by atoms with Crippen LogP contribution >= 0.6 is 0 Å². The fourth-order valence-corrected chi connectivity index (χ4v) is 3.43. The summed E-state index contributed by atoms with van der Waals surface area (Å²) in [7, 11) is 0. The molecule has 0 radical (unpaired) electrons. The molecule has 0 spiro atoms. The van der Waals surface area contributed by atoms with E-state index in [1.165, 1.54) is 0 Å². The Balaban J connectivity index is 0.00000101. The number of nitrogens with zero attached hydrogens (tertiary/aromatic N) is 4. The predicted octanol–water partition coefficient (Wildman–Crippen LogP) is 0.917. The maximum Gasteiger partial charge on any atom is 0.290 e. The van der Waals surface area contributed by atoms with Gasteiger partial charge in [-0.25, -0.2) is 4.98 Å². The number of furan rings is 1. The molecule has 0 aromatic carbocycles. The standard InChI is InChI=1S/C19H26N4O4.CH2O2/c1-3-22(4-2)18(25)15-12-23(9-7-16(15)24)19(26)17-6-5-14(27-17)11-21-10-8-20-13-21;2-1-3/h5-6,8,10,13,15-16,24H,3-4,7,9,11-12H2,1-2H3;1H,(H,2,3)/t15-,16+;/m0./s1. The van der Waals surface area contributed by atoms with Gasteiger partial charge >= 0.3 is 0 Å². The zero-order valence-corrected chi connectivity index (χ0v) is 17.2. The highest BCUT2D eigenvalue weighted by molar-refractivity contribution is 5.92. The van der Waals surface area contributed by atoms with Crippen molar-refractivity contribution in [2.75, 3.05) is 26.2 Å². The molecule has 0 aliphatic carbocycles. The van der Waals surface area contributed by atoms with Gasteiger partial charge in [0.2, 0.25) is 5.91 Å². The molecule has 0 saturated carbocycles. The average Bonchev–Trinajstić information content (AvgIpc) is 3.42. The molecule has 164 valence electrons. The van der Waals surface area contributed by atoms with Crippen molar-refractivity contribution in [3.8, 4) is 0 Å². The number of hydrogen-bond donors (Lipinski definition) is 2. The summed E-state index contributed by atoms with van der Waals surface area (Å²) in [4.78, 5) is 41.1. The van der Waals surface area contributed by atoms with E-state index in [1.54, 1.807) is 34.5 Å². The topological polar surface area (TPSA) is 129 Å². The number of carboxylic acid groups (broad SMARTS) is 1. The molecule has 2 aromatic heterocycles. The number of amides is 2. The van der Waals surface area contributed by atoms with Crippen molar-refractivity contribution in [2.45, 2.75) is 32.9 Å². The van der Waals surface area contributed by atoms with Crippen LogP contribution in [-0.4, -0.2) is 80.1 Å². The van der Waals surface area contributed by atoms with Gasteiger partial charge in [-0.05, 0) is 32.4 Å². The van der Waals surface area contributed by atoms with Crippen molar-refractivity contribution in [2.24, 2.45) is 5.92 Å². The number of hydrogen-bond acceptors (Lipinski definition) is 6. The summed E-state index contributed by atoms with van der Waals surface area (Å²) in [6, 6.07) is 3.42. The summed E-state index contributed by atoms with van der Waals surface area (Å²) in [5.74, 6) is -0.0518. The van der Waals surface area contributed by atoms with E-state index in [0.717, 1.165) is 0 Å². The molecule has 30 heavy (non-hydrogen) atoms. The minimum Gasteiger partial charge on any atom is -0.483 e. The van der Waals surface area contributed by atoms with Crippen molar-refractivity contribution in [3.63, 3.8) is 0 Å². The highest BCUT2D eigenvalue weighted by atomic mass is 16.4. The van der Waals surface area contributed by atoms with Gasteiger partial charge in [-0.1, -0.05) is 0 Å². The van der Waals surface area contributed by atoms with Crippen LogP contribution in [0.5, 0.6) is 0 Å². The maximum absolute atomic E-state index is 12.8. The highest BCUT2D eigenvalue weighted by Crippen LogP contribution is 2.22. The van der Waals surface area contributed by atoms with E-state index in [4.69, 9.17) is 14.3 Å². The van der Waals surface area contributed by atoms with Gasteiger partial charge in [-0.2, -0.15) is 0 Å². The van der Waals surface area contributed by atoms with Crippen LogP contribution in [0.2, 0.25) is 0 Å². The van der Waals surface area contributed by atoms with Crippen molar-refractivity contribution in [1.29, 1.82) is 0 Å². The molecule has 0 bridgehead atoms. The fraction of sp³-hybridized carbons (Fsp3) is 0.500. The van der Waals surface area contributed by atoms with E-state index < -0.39 is 12.0 Å². The Morgan fingerprint density at radius 3 is 2.63 bits per heavy atom. The number of piperidine rings is 1. The molecule has 2 amide bonds. The predicted molar refractivity (Wildman–Crippen MR) is 107 cm³/mol. The molecule has 1 aliphatic rings. The van der Waals surface area contributed by atoms with Gasteiger partial charge in [0.05, 0.1) is 24.9 Å². The molecule has 2 N–H and O–H groups in total. The summed E-state index contributed by atoms with van der Waals surface area (Å²) in [6.45, 7) is 5.83. The van der Waals surface area contributed by atoms with Gasteiger partial charge in [0.1, 0.15) is 5.76 Å². The first-order chi connectivity index (χ1) is 14.4. The minimum atomic E-state index is -0.726. The Bertz CT molecular complexity index is 815. The van der Waals surface area contributed by atoms with Crippen LogP contribution in [0.4, 0.5) is 0 Å². The number of aliphatic hydroxyl groups excluding tert-OH is 1. The Labute approximate surface area is 174 Å². The molecule has 2 aromatic rings. The zero-order valence-electron chi connectivity index (χ0n) is 17.2. The number of aromatic nitrogens is 2. The van der Waals surface area contributed by atoms with Gasteiger partial charge in [0, 0.05) is 38.6 Å². The second kappa shape index (κ2) is 11.1. The van der Waals surface area contributed by atoms with E-state index in [2.05, 4.69) is 4.98 Å². The molecular weight excluding hydrogens is 392 g/mol. The molecule has 3 rings (SSSR count). The Kier molecular flexibility index (Phi) is 8.60. The molecule has 2 atom stereocenters. The van der Waals surface area contributed by atoms with E-state index in [0.29, 0.717) is 38.4 Å². The molecular formula is C20H28N4O6. The van der Waals surface area contributed by atoms with Crippen LogP contribution in [-0.2, 0) is 16.1 Å². The van der Waals surface area contributed by atoms with Crippen molar-refractivity contribution in [1.82, 2.24) is 19.4 Å². The smallest absolute Gasteiger partial charge is 0.290 e. The molecule has 3 heterocycles. The second-order valence-corrected chi connectivity index (χ2v) is 6.83. The minimum absolute atomic E-state index is 0.106. The zero-order chi connectivity index (χ0) is 22.1. The summed E-state index contributed by atoms with van der Waals surface area (Å²) in [5.41, 5.74) is 0. The van der Waals surface area contributed by atoms with Gasteiger partial charge < -0.3 is 29.0 Å². The Morgan fingerprint density at radius 1 is 1.33 bits per heavy atom. The SMILES string of the molecule is CCN(CC)C(=O)[C@H]1CN(C(=O)c2ccc(Cn3ccnc3)o2)CC[C@H]1O.O=CO. The van der Waals surface area contributed by atoms with Crippen molar-refractivity contribution in [3.05, 3.63) is 42.4 Å². The van der Waals surface area contributed by atoms with Crippen LogP contribution in [0.3, 0.4) is 0 Å². The van der Waals surface area contributed by atoms with Gasteiger partial charge in [-0.15, -0.1) is 0 Å². The van der Waals surface area contributed by atoms with Crippen LogP contribution in [0.15, 0.2) is 35.3 Å². The Morgan fingerprint density at radius 2 is 2.03 bits per heavy atom. The molecule has 1 saturated heterocycles. The lowest BCUT2D eigenvalue weighted by molar-refractivity contribution is -0.141. The van der Waals surface area contributed by atoms with Crippen molar-refractivity contribution < 1.29 is 29.0 Å². The number of carbonyl (C=O) groups excluding carboxylic acids is 2. The second-order valence-electron chi connectivity index (χ2n) is 6.83. The van der Waals surface area contributed by atoms with Crippen LogP contribution in [0.25, 0.3) is 0 Å². The number of carbonyl (C=O) groups is 3. The quantitative estimate of drug-likeness (QED) is 0.665. The third-order valence-electron chi connectivity index (χ3n) is 5.03. The van der Waals surface area contributed by atoms with Crippen LogP contribution in [0, 0.1) is 5.92 Å². The number of rotatable bonds is 6. The molecule has 10 heteroatoms. The number of aliphatic hydroxyl groups is 1. The third-order valence-corrected chi connectivity index (χ3v) is 5.03. The molecule has 10 nitrogen and oxygen atoms in total. The lowest BCUT2D eigenvalue weighted by Gasteiger charge is -2.37. The van der Waals surface area contributed by atoms with E-state index >= 15 is 0 Å². The number of likely N-dealkylation sites (tertiary alicyclic amines) is 1. The summed E-state index contributed by atoms with van der Waals surface area (Å²) < 4.78 is 7.54. The lowest BCUT2D eigenvalue weighted by Crippen LogP contribution is -2.52. The first-order valence-electron chi connectivity index (χ1n) is 9.83. The molecule has 1 aliphatic heterocycles. The maximum atomic E-state index is 12.8. The summed E-state index contributed by atoms with van der Waals surface area (Å²) in [5, 5.41) is 17.2. The van der Waals surface area contributed by atoms with Gasteiger partial charge in [0.25, 0.3) is 12.4 Å². The van der Waals surface area contributed by atoms with E-state index in [-0.39, 0.29) is 30.6 Å². The normalized spacial score (nSPS) is 18.3.